The molecule has 1 aliphatic heterocycles. The molecule has 2 N–H and O–H groups in total. The van der Waals surface area contributed by atoms with E-state index in [-0.39, 0.29) is 0 Å². The van der Waals surface area contributed by atoms with Crippen molar-refractivity contribution in [3.05, 3.63) is 18.2 Å². The van der Waals surface area contributed by atoms with Gasteiger partial charge in [-0.2, -0.15) is 0 Å². The number of rotatable bonds is 6. The Kier molecular flexibility index (Phi) is 4.66. The summed E-state index contributed by atoms with van der Waals surface area (Å²) in [6.45, 7) is 4.46. The van der Waals surface area contributed by atoms with Gasteiger partial charge >= 0.3 is 0 Å². The third-order valence-electron chi connectivity index (χ3n) is 2.60. The van der Waals surface area contributed by atoms with Crippen molar-refractivity contribution in [1.29, 1.82) is 0 Å². The molecular formula is C13H19NO4. The standard InChI is InChI=1S/C13H19NO4/c1-2-16-9-11(15)8-14-10-3-4-12-13(7-10)18-6-5-17-12/h3-4,7,11,14-15H,2,5-6,8-9H2,1H3. The molecule has 1 aliphatic rings. The zero-order valence-corrected chi connectivity index (χ0v) is 10.5. The Hall–Kier alpha value is -1.46. The van der Waals surface area contributed by atoms with Crippen LogP contribution in [0.25, 0.3) is 0 Å². The van der Waals surface area contributed by atoms with E-state index in [1.165, 1.54) is 0 Å². The molecule has 0 fully saturated rings. The van der Waals surface area contributed by atoms with E-state index in [0.717, 1.165) is 17.2 Å². The molecule has 0 saturated heterocycles. The molecule has 5 heteroatoms. The summed E-state index contributed by atoms with van der Waals surface area (Å²) >= 11 is 0. The third-order valence-corrected chi connectivity index (χ3v) is 2.60. The Labute approximate surface area is 107 Å². The fraction of sp³-hybridized carbons (Fsp3) is 0.538. The molecule has 0 amide bonds. The minimum Gasteiger partial charge on any atom is -0.486 e. The van der Waals surface area contributed by atoms with Gasteiger partial charge in [0.25, 0.3) is 0 Å². The first-order valence-corrected chi connectivity index (χ1v) is 6.19. The van der Waals surface area contributed by atoms with Crippen LogP contribution in [0.2, 0.25) is 0 Å². The Morgan fingerprint density at radius 1 is 1.33 bits per heavy atom. The van der Waals surface area contributed by atoms with Crippen LogP contribution in [-0.2, 0) is 4.74 Å². The molecule has 100 valence electrons. The highest BCUT2D eigenvalue weighted by Crippen LogP contribution is 2.32. The van der Waals surface area contributed by atoms with E-state index in [1.807, 2.05) is 25.1 Å². The first-order chi connectivity index (χ1) is 8.79. The molecule has 0 radical (unpaired) electrons. The molecular weight excluding hydrogens is 234 g/mol. The minimum absolute atomic E-state index is 0.341. The number of hydrogen-bond donors (Lipinski definition) is 2. The van der Waals surface area contributed by atoms with E-state index in [9.17, 15) is 5.11 Å². The van der Waals surface area contributed by atoms with E-state index >= 15 is 0 Å². The van der Waals surface area contributed by atoms with Gasteiger partial charge in [-0.05, 0) is 19.1 Å². The predicted octanol–water partition coefficient (Wildman–Crippen LogP) is 1.27. The third kappa shape index (κ3) is 3.51. The first-order valence-electron chi connectivity index (χ1n) is 6.19. The zero-order chi connectivity index (χ0) is 12.8. The lowest BCUT2D eigenvalue weighted by atomic mass is 10.2. The van der Waals surface area contributed by atoms with Crippen LogP contribution in [0.1, 0.15) is 6.92 Å². The lowest BCUT2D eigenvalue weighted by Crippen LogP contribution is -2.25. The Bertz CT molecular complexity index is 383. The fourth-order valence-corrected chi connectivity index (χ4v) is 1.70. The molecule has 2 rings (SSSR count). The van der Waals surface area contributed by atoms with Crippen LogP contribution in [0.15, 0.2) is 18.2 Å². The Morgan fingerprint density at radius 3 is 2.89 bits per heavy atom. The van der Waals surface area contributed by atoms with Gasteiger partial charge in [0, 0.05) is 24.9 Å². The number of benzene rings is 1. The summed E-state index contributed by atoms with van der Waals surface area (Å²) in [6, 6.07) is 5.65. The lowest BCUT2D eigenvalue weighted by Gasteiger charge is -2.19. The van der Waals surface area contributed by atoms with Crippen molar-refractivity contribution in [2.24, 2.45) is 0 Å². The van der Waals surface area contributed by atoms with Gasteiger partial charge in [0.2, 0.25) is 0 Å². The average molecular weight is 253 g/mol. The number of anilines is 1. The molecule has 1 aromatic rings. The van der Waals surface area contributed by atoms with Gasteiger partial charge in [-0.3, -0.25) is 0 Å². The molecule has 0 aromatic heterocycles. The minimum atomic E-state index is -0.516. The van der Waals surface area contributed by atoms with Gasteiger partial charge in [-0.1, -0.05) is 0 Å². The summed E-state index contributed by atoms with van der Waals surface area (Å²) in [5.74, 6) is 1.51. The molecule has 5 nitrogen and oxygen atoms in total. The van der Waals surface area contributed by atoms with Crippen molar-refractivity contribution in [2.45, 2.75) is 13.0 Å². The van der Waals surface area contributed by atoms with Crippen molar-refractivity contribution in [3.63, 3.8) is 0 Å². The van der Waals surface area contributed by atoms with E-state index in [4.69, 9.17) is 14.2 Å². The number of ether oxygens (including phenoxy) is 3. The van der Waals surface area contributed by atoms with Crippen LogP contribution in [-0.4, -0.2) is 44.2 Å². The summed E-state index contributed by atoms with van der Waals surface area (Å²) in [5.41, 5.74) is 0.898. The number of hydrogen-bond acceptors (Lipinski definition) is 5. The Balaban J connectivity index is 1.86. The maximum absolute atomic E-state index is 9.64. The van der Waals surface area contributed by atoms with Gasteiger partial charge in [-0.25, -0.2) is 0 Å². The summed E-state index contributed by atoms with van der Waals surface area (Å²) in [4.78, 5) is 0. The van der Waals surface area contributed by atoms with Crippen LogP contribution in [0.5, 0.6) is 11.5 Å². The van der Waals surface area contributed by atoms with E-state index in [1.54, 1.807) is 0 Å². The number of aliphatic hydroxyl groups is 1. The van der Waals surface area contributed by atoms with Crippen molar-refractivity contribution in [2.75, 3.05) is 38.3 Å². The van der Waals surface area contributed by atoms with Crippen LogP contribution in [0.4, 0.5) is 5.69 Å². The zero-order valence-electron chi connectivity index (χ0n) is 10.5. The van der Waals surface area contributed by atoms with E-state index < -0.39 is 6.10 Å². The van der Waals surface area contributed by atoms with Crippen molar-refractivity contribution in [1.82, 2.24) is 0 Å². The van der Waals surface area contributed by atoms with Gasteiger partial charge < -0.3 is 24.6 Å². The molecule has 0 aliphatic carbocycles. The highest BCUT2D eigenvalue weighted by Gasteiger charge is 2.12. The van der Waals surface area contributed by atoms with Gasteiger partial charge in [0.15, 0.2) is 11.5 Å². The summed E-state index contributed by atoms with van der Waals surface area (Å²) in [5, 5.41) is 12.8. The monoisotopic (exact) mass is 253 g/mol. The normalized spacial score (nSPS) is 15.2. The highest BCUT2D eigenvalue weighted by atomic mass is 16.6. The molecule has 0 spiro atoms. The van der Waals surface area contributed by atoms with E-state index in [0.29, 0.717) is 33.0 Å². The summed E-state index contributed by atoms with van der Waals surface area (Å²) in [6.07, 6.45) is -0.516. The SMILES string of the molecule is CCOCC(O)CNc1ccc2c(c1)OCCO2. The summed E-state index contributed by atoms with van der Waals surface area (Å²) in [7, 11) is 0. The quantitative estimate of drug-likeness (QED) is 0.799. The van der Waals surface area contributed by atoms with Crippen molar-refractivity contribution >= 4 is 5.69 Å². The number of nitrogens with one attached hydrogen (secondary N) is 1. The topological polar surface area (TPSA) is 60.0 Å². The molecule has 1 aromatic carbocycles. The summed E-state index contributed by atoms with van der Waals surface area (Å²) < 4.78 is 16.1. The van der Waals surface area contributed by atoms with Crippen LogP contribution >= 0.6 is 0 Å². The molecule has 1 heterocycles. The van der Waals surface area contributed by atoms with Gasteiger partial charge in [-0.15, -0.1) is 0 Å². The van der Waals surface area contributed by atoms with Crippen LogP contribution in [0.3, 0.4) is 0 Å². The Morgan fingerprint density at radius 2 is 2.11 bits per heavy atom. The molecule has 1 unspecified atom stereocenters. The van der Waals surface area contributed by atoms with Gasteiger partial charge in [0.05, 0.1) is 12.7 Å². The molecule has 0 saturated carbocycles. The maximum atomic E-state index is 9.64. The second kappa shape index (κ2) is 6.47. The highest BCUT2D eigenvalue weighted by molar-refractivity contribution is 5.55. The predicted molar refractivity (Wildman–Crippen MR) is 68.4 cm³/mol. The van der Waals surface area contributed by atoms with Gasteiger partial charge in [0.1, 0.15) is 13.2 Å². The number of aliphatic hydroxyl groups excluding tert-OH is 1. The maximum Gasteiger partial charge on any atom is 0.163 e. The number of fused-ring (bicyclic) bond motifs is 1. The van der Waals surface area contributed by atoms with Crippen LogP contribution in [0, 0.1) is 0 Å². The molecule has 1 atom stereocenters. The van der Waals surface area contributed by atoms with Crippen LogP contribution < -0.4 is 14.8 Å². The molecule has 0 bridgehead atoms. The smallest absolute Gasteiger partial charge is 0.163 e. The van der Waals surface area contributed by atoms with Crippen molar-refractivity contribution < 1.29 is 19.3 Å². The van der Waals surface area contributed by atoms with Crippen molar-refractivity contribution in [3.8, 4) is 11.5 Å². The second-order valence-corrected chi connectivity index (χ2v) is 4.05. The molecule has 18 heavy (non-hydrogen) atoms. The fourth-order valence-electron chi connectivity index (χ4n) is 1.70. The van der Waals surface area contributed by atoms with E-state index in [2.05, 4.69) is 5.32 Å². The lowest BCUT2D eigenvalue weighted by molar-refractivity contribution is 0.0496. The second-order valence-electron chi connectivity index (χ2n) is 4.05. The largest absolute Gasteiger partial charge is 0.486 e. The average Bonchev–Trinajstić information content (AvgIpc) is 2.42. The first kappa shape index (κ1) is 13.0.